The largest absolute Gasteiger partial charge is 0.480 e. The molecule has 0 aromatic heterocycles. The number of carbonyl (C=O) groups is 1. The normalized spacial score (nSPS) is 14.4. The van der Waals surface area contributed by atoms with E-state index in [2.05, 4.69) is 26.1 Å². The van der Waals surface area contributed by atoms with Crippen LogP contribution in [-0.4, -0.2) is 23.7 Å². The summed E-state index contributed by atoms with van der Waals surface area (Å²) >= 11 is 0. The summed E-state index contributed by atoms with van der Waals surface area (Å²) in [5, 5.41) is 12.3. The SMILES string of the molecule is CC(C)CNC(CC(C)c1ccccc1)C(=O)O. The van der Waals surface area contributed by atoms with E-state index in [4.69, 9.17) is 0 Å². The molecule has 0 amide bonds. The molecule has 0 aliphatic rings. The number of hydrogen-bond donors (Lipinski definition) is 2. The standard InChI is InChI=1S/C15H23NO2/c1-11(2)10-16-14(15(17)18)9-12(3)13-7-5-4-6-8-13/h4-8,11-12,14,16H,9-10H2,1-3H3,(H,17,18). The fourth-order valence-corrected chi connectivity index (χ4v) is 1.92. The van der Waals surface area contributed by atoms with Crippen molar-refractivity contribution in [1.29, 1.82) is 0 Å². The number of carboxylic acids is 1. The summed E-state index contributed by atoms with van der Waals surface area (Å²) in [5.74, 6) is -0.0655. The molecule has 18 heavy (non-hydrogen) atoms. The fraction of sp³-hybridized carbons (Fsp3) is 0.533. The molecule has 1 rings (SSSR count). The zero-order chi connectivity index (χ0) is 13.5. The van der Waals surface area contributed by atoms with Gasteiger partial charge in [0.25, 0.3) is 0 Å². The first-order chi connectivity index (χ1) is 8.50. The molecule has 100 valence electrons. The highest BCUT2D eigenvalue weighted by Gasteiger charge is 2.20. The summed E-state index contributed by atoms with van der Waals surface area (Å²) in [5.41, 5.74) is 1.19. The Hall–Kier alpha value is -1.35. The molecule has 0 aliphatic carbocycles. The van der Waals surface area contributed by atoms with Gasteiger partial charge in [-0.2, -0.15) is 0 Å². The highest BCUT2D eigenvalue weighted by Crippen LogP contribution is 2.20. The molecular formula is C15H23NO2. The van der Waals surface area contributed by atoms with E-state index in [1.165, 1.54) is 5.56 Å². The summed E-state index contributed by atoms with van der Waals surface area (Å²) in [4.78, 5) is 11.2. The Labute approximate surface area is 109 Å². The molecule has 0 radical (unpaired) electrons. The van der Waals surface area contributed by atoms with Crippen LogP contribution in [-0.2, 0) is 4.79 Å². The van der Waals surface area contributed by atoms with Crippen LogP contribution in [0.3, 0.4) is 0 Å². The van der Waals surface area contributed by atoms with Crippen molar-refractivity contribution in [3.8, 4) is 0 Å². The lowest BCUT2D eigenvalue weighted by atomic mass is 9.94. The van der Waals surface area contributed by atoms with Crippen LogP contribution in [0.25, 0.3) is 0 Å². The highest BCUT2D eigenvalue weighted by molar-refractivity contribution is 5.73. The molecule has 3 nitrogen and oxygen atoms in total. The van der Waals surface area contributed by atoms with Crippen LogP contribution in [0.4, 0.5) is 0 Å². The Balaban J connectivity index is 2.58. The van der Waals surface area contributed by atoms with Crippen LogP contribution in [0.1, 0.15) is 38.7 Å². The lowest BCUT2D eigenvalue weighted by molar-refractivity contribution is -0.139. The molecule has 2 unspecified atom stereocenters. The molecule has 0 aliphatic heterocycles. The molecule has 0 saturated carbocycles. The van der Waals surface area contributed by atoms with E-state index in [0.29, 0.717) is 12.3 Å². The molecule has 1 aromatic rings. The minimum absolute atomic E-state index is 0.243. The maximum atomic E-state index is 11.2. The van der Waals surface area contributed by atoms with E-state index in [9.17, 15) is 9.90 Å². The zero-order valence-corrected chi connectivity index (χ0v) is 11.4. The third-order valence-electron chi connectivity index (χ3n) is 3.03. The van der Waals surface area contributed by atoms with E-state index >= 15 is 0 Å². The molecule has 1 aromatic carbocycles. The zero-order valence-electron chi connectivity index (χ0n) is 11.4. The Morgan fingerprint density at radius 3 is 2.33 bits per heavy atom. The second-order valence-electron chi connectivity index (χ2n) is 5.24. The van der Waals surface area contributed by atoms with Crippen molar-refractivity contribution in [3.05, 3.63) is 35.9 Å². The van der Waals surface area contributed by atoms with E-state index in [0.717, 1.165) is 6.54 Å². The number of aliphatic carboxylic acids is 1. The van der Waals surface area contributed by atoms with Crippen molar-refractivity contribution in [2.24, 2.45) is 5.92 Å². The van der Waals surface area contributed by atoms with Crippen molar-refractivity contribution >= 4 is 5.97 Å². The lowest BCUT2D eigenvalue weighted by Crippen LogP contribution is -2.39. The molecule has 0 fully saturated rings. The molecule has 0 saturated heterocycles. The first-order valence-corrected chi connectivity index (χ1v) is 6.51. The van der Waals surface area contributed by atoms with E-state index in [-0.39, 0.29) is 5.92 Å². The Morgan fingerprint density at radius 2 is 1.83 bits per heavy atom. The summed E-state index contributed by atoms with van der Waals surface area (Å²) < 4.78 is 0. The van der Waals surface area contributed by atoms with E-state index in [1.54, 1.807) is 0 Å². The minimum Gasteiger partial charge on any atom is -0.480 e. The Kier molecular flexibility index (Phi) is 5.86. The predicted molar refractivity (Wildman–Crippen MR) is 73.7 cm³/mol. The second kappa shape index (κ2) is 7.17. The topological polar surface area (TPSA) is 49.3 Å². The summed E-state index contributed by atoms with van der Waals surface area (Å²) in [6, 6.07) is 9.58. The van der Waals surface area contributed by atoms with Gasteiger partial charge in [-0.3, -0.25) is 4.79 Å². The van der Waals surface area contributed by atoms with Crippen LogP contribution in [0.2, 0.25) is 0 Å². The smallest absolute Gasteiger partial charge is 0.320 e. The van der Waals surface area contributed by atoms with Crippen molar-refractivity contribution in [1.82, 2.24) is 5.32 Å². The van der Waals surface area contributed by atoms with Gasteiger partial charge in [0.1, 0.15) is 6.04 Å². The first kappa shape index (κ1) is 14.7. The number of rotatable bonds is 7. The van der Waals surface area contributed by atoms with Gasteiger partial charge in [-0.15, -0.1) is 0 Å². The molecular weight excluding hydrogens is 226 g/mol. The Bertz CT molecular complexity index is 362. The highest BCUT2D eigenvalue weighted by atomic mass is 16.4. The second-order valence-corrected chi connectivity index (χ2v) is 5.24. The maximum Gasteiger partial charge on any atom is 0.320 e. The average molecular weight is 249 g/mol. The number of nitrogens with one attached hydrogen (secondary N) is 1. The molecule has 0 bridgehead atoms. The van der Waals surface area contributed by atoms with Crippen molar-refractivity contribution < 1.29 is 9.90 Å². The molecule has 2 atom stereocenters. The van der Waals surface area contributed by atoms with Gasteiger partial charge in [0.05, 0.1) is 0 Å². The number of hydrogen-bond acceptors (Lipinski definition) is 2. The van der Waals surface area contributed by atoms with Gasteiger partial charge in [-0.25, -0.2) is 0 Å². The van der Waals surface area contributed by atoms with Gasteiger partial charge in [0.2, 0.25) is 0 Å². The summed E-state index contributed by atoms with van der Waals surface area (Å²) in [7, 11) is 0. The van der Waals surface area contributed by atoms with E-state index < -0.39 is 12.0 Å². The molecule has 0 spiro atoms. The first-order valence-electron chi connectivity index (χ1n) is 6.51. The number of carboxylic acid groups (broad SMARTS) is 1. The number of benzene rings is 1. The quantitative estimate of drug-likeness (QED) is 0.781. The van der Waals surface area contributed by atoms with Crippen molar-refractivity contribution in [2.45, 2.75) is 39.2 Å². The third kappa shape index (κ3) is 4.88. The maximum absolute atomic E-state index is 11.2. The van der Waals surface area contributed by atoms with Crippen molar-refractivity contribution in [3.63, 3.8) is 0 Å². The molecule has 0 heterocycles. The Morgan fingerprint density at radius 1 is 1.22 bits per heavy atom. The van der Waals surface area contributed by atoms with Crippen LogP contribution in [0.5, 0.6) is 0 Å². The summed E-state index contributed by atoms with van der Waals surface area (Å²) in [6.07, 6.45) is 0.617. The molecule has 2 N–H and O–H groups in total. The van der Waals surface area contributed by atoms with Gasteiger partial charge >= 0.3 is 5.97 Å². The van der Waals surface area contributed by atoms with Gasteiger partial charge in [-0.05, 0) is 30.4 Å². The van der Waals surface area contributed by atoms with Gasteiger partial charge in [0, 0.05) is 0 Å². The van der Waals surface area contributed by atoms with E-state index in [1.807, 2.05) is 30.3 Å². The fourth-order valence-electron chi connectivity index (χ4n) is 1.92. The molecule has 3 heteroatoms. The van der Waals surface area contributed by atoms with Crippen LogP contribution >= 0.6 is 0 Å². The van der Waals surface area contributed by atoms with Crippen LogP contribution in [0.15, 0.2) is 30.3 Å². The predicted octanol–water partition coefficient (Wildman–Crippen LogP) is 2.88. The third-order valence-corrected chi connectivity index (χ3v) is 3.03. The monoisotopic (exact) mass is 249 g/mol. The van der Waals surface area contributed by atoms with Crippen LogP contribution in [0, 0.1) is 5.92 Å². The average Bonchev–Trinajstić information content (AvgIpc) is 2.34. The van der Waals surface area contributed by atoms with Gasteiger partial charge in [0.15, 0.2) is 0 Å². The summed E-state index contributed by atoms with van der Waals surface area (Å²) in [6.45, 7) is 6.96. The van der Waals surface area contributed by atoms with Crippen LogP contribution < -0.4 is 5.32 Å². The lowest BCUT2D eigenvalue weighted by Gasteiger charge is -2.20. The van der Waals surface area contributed by atoms with Gasteiger partial charge < -0.3 is 10.4 Å². The minimum atomic E-state index is -0.765. The van der Waals surface area contributed by atoms with Crippen molar-refractivity contribution in [2.75, 3.05) is 6.54 Å². The van der Waals surface area contributed by atoms with Gasteiger partial charge in [-0.1, -0.05) is 51.1 Å².